The smallest absolute Gasteiger partial charge is 0.328 e. The Morgan fingerprint density at radius 2 is 1.55 bits per heavy atom. The molecule has 0 aliphatic carbocycles. The number of esters is 1. The molecule has 6 heteroatoms. The minimum absolute atomic E-state index is 0.0338. The molecule has 2 rings (SSSR count). The molecule has 0 saturated carbocycles. The number of nitro benzene ring substituents is 1. The first-order chi connectivity index (χ1) is 15.1. The average Bonchev–Trinajstić information content (AvgIpc) is 2.78. The molecule has 0 aliphatic heterocycles. The van der Waals surface area contributed by atoms with Crippen molar-refractivity contribution >= 4 is 11.7 Å². The SMILES string of the molecule is CCCCCCCCCCN[C@@H](Cc1ccccc1)C(=O)Oc1ccc([N+](=O)[O-])cc1. The molecule has 0 fully saturated rings. The van der Waals surface area contributed by atoms with Crippen molar-refractivity contribution in [2.24, 2.45) is 0 Å². The molecule has 2 aromatic rings. The second-order valence-electron chi connectivity index (χ2n) is 7.84. The molecular formula is C25H34N2O4. The maximum atomic E-state index is 12.8. The number of unbranched alkanes of at least 4 members (excludes halogenated alkanes) is 7. The van der Waals surface area contributed by atoms with Crippen LogP contribution in [-0.4, -0.2) is 23.5 Å². The van der Waals surface area contributed by atoms with Gasteiger partial charge in [0, 0.05) is 12.1 Å². The fourth-order valence-electron chi connectivity index (χ4n) is 3.45. The van der Waals surface area contributed by atoms with Gasteiger partial charge in [-0.3, -0.25) is 10.1 Å². The molecule has 6 nitrogen and oxygen atoms in total. The van der Waals surface area contributed by atoms with Crippen LogP contribution >= 0.6 is 0 Å². The zero-order chi connectivity index (χ0) is 22.3. The molecule has 0 radical (unpaired) electrons. The summed E-state index contributed by atoms with van der Waals surface area (Å²) >= 11 is 0. The van der Waals surface area contributed by atoms with Crippen molar-refractivity contribution in [1.82, 2.24) is 5.32 Å². The van der Waals surface area contributed by atoms with Crippen molar-refractivity contribution in [3.8, 4) is 5.75 Å². The standard InChI is InChI=1S/C25H34N2O4/c1-2-3-4-5-6-7-8-12-19-26-24(20-21-13-10-9-11-14-21)25(28)31-23-17-15-22(16-18-23)27(29)30/h9-11,13-18,24,26H,2-8,12,19-20H2,1H3/t24-/m0/s1. The highest BCUT2D eigenvalue weighted by Gasteiger charge is 2.21. The van der Waals surface area contributed by atoms with Crippen molar-refractivity contribution in [3.05, 3.63) is 70.3 Å². The van der Waals surface area contributed by atoms with Crippen LogP contribution in [0.1, 0.15) is 63.9 Å². The number of benzene rings is 2. The van der Waals surface area contributed by atoms with Crippen LogP contribution in [0.5, 0.6) is 5.75 Å². The minimum atomic E-state index is -0.477. The van der Waals surface area contributed by atoms with Crippen LogP contribution in [0, 0.1) is 10.1 Å². The molecule has 168 valence electrons. The molecule has 0 spiro atoms. The first kappa shape index (κ1) is 24.5. The molecule has 0 bridgehead atoms. The van der Waals surface area contributed by atoms with Gasteiger partial charge in [0.15, 0.2) is 0 Å². The molecule has 0 saturated heterocycles. The Kier molecular flexibility index (Phi) is 11.3. The summed E-state index contributed by atoms with van der Waals surface area (Å²) in [5.74, 6) is -0.0696. The third-order valence-corrected chi connectivity index (χ3v) is 5.25. The maximum absolute atomic E-state index is 12.8. The van der Waals surface area contributed by atoms with Gasteiger partial charge in [0.25, 0.3) is 5.69 Å². The van der Waals surface area contributed by atoms with E-state index < -0.39 is 11.0 Å². The number of rotatable bonds is 15. The van der Waals surface area contributed by atoms with Gasteiger partial charge in [0.05, 0.1) is 4.92 Å². The Morgan fingerprint density at radius 3 is 2.16 bits per heavy atom. The van der Waals surface area contributed by atoms with Crippen LogP contribution in [0.2, 0.25) is 0 Å². The van der Waals surface area contributed by atoms with Crippen LogP contribution in [0.15, 0.2) is 54.6 Å². The molecule has 1 atom stereocenters. The first-order valence-electron chi connectivity index (χ1n) is 11.3. The lowest BCUT2D eigenvalue weighted by atomic mass is 10.1. The summed E-state index contributed by atoms with van der Waals surface area (Å²) in [6.07, 6.45) is 10.4. The van der Waals surface area contributed by atoms with E-state index in [1.807, 2.05) is 30.3 Å². The summed E-state index contributed by atoms with van der Waals surface area (Å²) in [6, 6.07) is 14.9. The third kappa shape index (κ3) is 9.75. The van der Waals surface area contributed by atoms with Crippen LogP contribution < -0.4 is 10.1 Å². The molecule has 0 unspecified atom stereocenters. The molecule has 0 heterocycles. The summed E-state index contributed by atoms with van der Waals surface area (Å²) in [7, 11) is 0. The summed E-state index contributed by atoms with van der Waals surface area (Å²) in [4.78, 5) is 23.1. The Labute approximate surface area is 185 Å². The number of carbonyl (C=O) groups excluding carboxylic acids is 1. The van der Waals surface area contributed by atoms with Gasteiger partial charge in [-0.2, -0.15) is 0 Å². The van der Waals surface area contributed by atoms with E-state index in [0.717, 1.165) is 24.9 Å². The number of ether oxygens (including phenoxy) is 1. The van der Waals surface area contributed by atoms with Gasteiger partial charge in [-0.05, 0) is 37.1 Å². The van der Waals surface area contributed by atoms with Crippen LogP contribution in [-0.2, 0) is 11.2 Å². The van der Waals surface area contributed by atoms with E-state index in [2.05, 4.69) is 12.2 Å². The Bertz CT molecular complexity index is 778. The Balaban J connectivity index is 1.84. The molecule has 2 aromatic carbocycles. The van der Waals surface area contributed by atoms with Gasteiger partial charge in [-0.1, -0.05) is 82.2 Å². The van der Waals surface area contributed by atoms with E-state index in [1.165, 1.54) is 62.8 Å². The van der Waals surface area contributed by atoms with E-state index in [1.54, 1.807) is 0 Å². The highest BCUT2D eigenvalue weighted by molar-refractivity contribution is 5.78. The van der Waals surface area contributed by atoms with Crippen LogP contribution in [0.25, 0.3) is 0 Å². The monoisotopic (exact) mass is 426 g/mol. The summed E-state index contributed by atoms with van der Waals surface area (Å²) in [5.41, 5.74) is 1.02. The topological polar surface area (TPSA) is 81.5 Å². The fraction of sp³-hybridized carbons (Fsp3) is 0.480. The fourth-order valence-corrected chi connectivity index (χ4v) is 3.45. The average molecular weight is 427 g/mol. The molecular weight excluding hydrogens is 392 g/mol. The number of nitrogens with one attached hydrogen (secondary N) is 1. The van der Waals surface area contributed by atoms with Crippen molar-refractivity contribution < 1.29 is 14.5 Å². The van der Waals surface area contributed by atoms with Crippen LogP contribution in [0.4, 0.5) is 5.69 Å². The zero-order valence-electron chi connectivity index (χ0n) is 18.4. The Morgan fingerprint density at radius 1 is 0.935 bits per heavy atom. The molecule has 31 heavy (non-hydrogen) atoms. The van der Waals surface area contributed by atoms with E-state index >= 15 is 0 Å². The zero-order valence-corrected chi connectivity index (χ0v) is 18.4. The lowest BCUT2D eigenvalue weighted by molar-refractivity contribution is -0.384. The number of nitro groups is 1. The van der Waals surface area contributed by atoms with Gasteiger partial charge >= 0.3 is 5.97 Å². The summed E-state index contributed by atoms with van der Waals surface area (Å²) in [6.45, 7) is 2.98. The lowest BCUT2D eigenvalue weighted by Gasteiger charge is -2.18. The predicted octanol–water partition coefficient (Wildman–Crippen LogP) is 5.84. The van der Waals surface area contributed by atoms with E-state index in [-0.39, 0.29) is 11.7 Å². The Hall–Kier alpha value is -2.73. The molecule has 1 N–H and O–H groups in total. The number of hydrogen-bond donors (Lipinski definition) is 1. The van der Waals surface area contributed by atoms with Gasteiger partial charge in [0.2, 0.25) is 0 Å². The van der Waals surface area contributed by atoms with Crippen molar-refractivity contribution in [1.29, 1.82) is 0 Å². The number of non-ortho nitro benzene ring substituents is 1. The van der Waals surface area contributed by atoms with E-state index in [9.17, 15) is 14.9 Å². The van der Waals surface area contributed by atoms with Gasteiger partial charge in [-0.25, -0.2) is 4.79 Å². The van der Waals surface area contributed by atoms with Gasteiger partial charge < -0.3 is 10.1 Å². The van der Waals surface area contributed by atoms with Crippen molar-refractivity contribution in [2.75, 3.05) is 6.54 Å². The van der Waals surface area contributed by atoms with Gasteiger partial charge in [0.1, 0.15) is 11.8 Å². The lowest BCUT2D eigenvalue weighted by Crippen LogP contribution is -2.41. The van der Waals surface area contributed by atoms with E-state index in [4.69, 9.17) is 4.74 Å². The maximum Gasteiger partial charge on any atom is 0.328 e. The number of carbonyl (C=O) groups is 1. The van der Waals surface area contributed by atoms with E-state index in [0.29, 0.717) is 12.2 Å². The normalized spacial score (nSPS) is 11.8. The van der Waals surface area contributed by atoms with Crippen molar-refractivity contribution in [3.63, 3.8) is 0 Å². The number of hydrogen-bond acceptors (Lipinski definition) is 5. The van der Waals surface area contributed by atoms with Crippen LogP contribution in [0.3, 0.4) is 0 Å². The molecule has 0 aromatic heterocycles. The van der Waals surface area contributed by atoms with Gasteiger partial charge in [-0.15, -0.1) is 0 Å². The predicted molar refractivity (Wildman–Crippen MR) is 123 cm³/mol. The summed E-state index contributed by atoms with van der Waals surface area (Å²) < 4.78 is 5.49. The minimum Gasteiger partial charge on any atom is -0.425 e. The quantitative estimate of drug-likeness (QED) is 0.127. The molecule has 0 aliphatic rings. The second kappa shape index (κ2) is 14.3. The largest absolute Gasteiger partial charge is 0.425 e. The van der Waals surface area contributed by atoms with Crippen molar-refractivity contribution in [2.45, 2.75) is 70.8 Å². The number of nitrogens with zero attached hydrogens (tertiary/aromatic N) is 1. The molecule has 0 amide bonds. The first-order valence-corrected chi connectivity index (χ1v) is 11.3. The second-order valence-corrected chi connectivity index (χ2v) is 7.84. The third-order valence-electron chi connectivity index (χ3n) is 5.25. The summed E-state index contributed by atoms with van der Waals surface area (Å²) in [5, 5.41) is 14.1. The highest BCUT2D eigenvalue weighted by Crippen LogP contribution is 2.18. The highest BCUT2D eigenvalue weighted by atomic mass is 16.6.